The van der Waals surface area contributed by atoms with Crippen LogP contribution in [-0.2, 0) is 4.74 Å². The number of aromatic nitrogens is 1. The average Bonchev–Trinajstić information content (AvgIpc) is 2.83. The fraction of sp³-hybridized carbons (Fsp3) is 0.684. The number of carbonyl (C=O) groups is 2. The van der Waals surface area contributed by atoms with Crippen LogP contribution in [0.1, 0.15) is 84.0 Å². The summed E-state index contributed by atoms with van der Waals surface area (Å²) in [6.07, 6.45) is 8.86. The van der Waals surface area contributed by atoms with Crippen LogP contribution in [0.2, 0.25) is 0 Å². The topological polar surface area (TPSA) is 75.8 Å². The Bertz CT molecular complexity index is 584. The second-order valence-electron chi connectivity index (χ2n) is 7.07. The van der Waals surface area contributed by atoms with E-state index in [1.807, 2.05) is 13.8 Å². The van der Waals surface area contributed by atoms with Gasteiger partial charge in [0.1, 0.15) is 6.04 Å². The number of esters is 1. The molecule has 1 aliphatic carbocycles. The minimum absolute atomic E-state index is 0.0628. The molecular formula is C19H31N2O3+. The van der Waals surface area contributed by atoms with Gasteiger partial charge in [-0.3, -0.25) is 4.79 Å². The van der Waals surface area contributed by atoms with Crippen molar-refractivity contribution in [3.63, 3.8) is 0 Å². The smallest absolute Gasteiger partial charge is 0.339 e. The third-order valence-corrected chi connectivity index (χ3v) is 5.20. The Morgan fingerprint density at radius 3 is 2.29 bits per heavy atom. The Kier molecular flexibility index (Phi) is 6.60. The second-order valence-corrected chi connectivity index (χ2v) is 7.07. The Labute approximate surface area is 144 Å². The van der Waals surface area contributed by atoms with Crippen LogP contribution < -0.4 is 5.32 Å². The predicted octanol–water partition coefficient (Wildman–Crippen LogP) is 2.67. The van der Waals surface area contributed by atoms with Crippen molar-refractivity contribution in [1.29, 1.82) is 0 Å². The van der Waals surface area contributed by atoms with E-state index in [1.165, 1.54) is 52.1 Å². The Balaban J connectivity index is 2.08. The molecule has 1 fully saturated rings. The number of ketones is 1. The lowest BCUT2D eigenvalue weighted by molar-refractivity contribution is -0.707. The number of rotatable bonds is 5. The van der Waals surface area contributed by atoms with Gasteiger partial charge in [-0.1, -0.05) is 19.3 Å². The zero-order valence-corrected chi connectivity index (χ0v) is 15.4. The summed E-state index contributed by atoms with van der Waals surface area (Å²) in [5.74, 6) is -0.329. The summed E-state index contributed by atoms with van der Waals surface area (Å²) in [5.41, 5.74) is 2.42. The van der Waals surface area contributed by atoms with E-state index in [0.29, 0.717) is 28.6 Å². The molecule has 0 amide bonds. The number of aryl methyl sites for hydroxylation is 1. The van der Waals surface area contributed by atoms with E-state index in [-0.39, 0.29) is 11.8 Å². The van der Waals surface area contributed by atoms with Crippen molar-refractivity contribution < 1.29 is 19.6 Å². The van der Waals surface area contributed by atoms with Crippen LogP contribution in [0.5, 0.6) is 0 Å². The third-order valence-electron chi connectivity index (χ3n) is 5.20. The van der Waals surface area contributed by atoms with Gasteiger partial charge in [-0.25, -0.2) is 4.79 Å². The van der Waals surface area contributed by atoms with Gasteiger partial charge in [-0.15, -0.1) is 0 Å². The summed E-state index contributed by atoms with van der Waals surface area (Å²) in [4.78, 5) is 27.8. The van der Waals surface area contributed by atoms with Crippen LogP contribution >= 0.6 is 0 Å². The number of H-pyrrole nitrogens is 1. The molecular weight excluding hydrogens is 304 g/mol. The van der Waals surface area contributed by atoms with Gasteiger partial charge in [0, 0.05) is 5.69 Å². The Hall–Kier alpha value is -1.62. The molecule has 0 bridgehead atoms. The number of methoxy groups -OCH3 is 1. The molecule has 1 aromatic heterocycles. The summed E-state index contributed by atoms with van der Waals surface area (Å²) >= 11 is 0. The van der Waals surface area contributed by atoms with E-state index in [9.17, 15) is 9.59 Å². The van der Waals surface area contributed by atoms with Gasteiger partial charge in [0.15, 0.2) is 0 Å². The average molecular weight is 335 g/mol. The molecule has 5 heteroatoms. The van der Waals surface area contributed by atoms with Crippen molar-refractivity contribution >= 4 is 11.8 Å². The number of Topliss-reactive ketones (excluding diaryl/α,β-unsaturated/α-hetero) is 1. The first-order valence-electron chi connectivity index (χ1n) is 9.12. The zero-order chi connectivity index (χ0) is 17.7. The van der Waals surface area contributed by atoms with E-state index < -0.39 is 5.97 Å². The number of nitrogens with one attached hydrogen (secondary N) is 1. The van der Waals surface area contributed by atoms with E-state index in [0.717, 1.165) is 0 Å². The summed E-state index contributed by atoms with van der Waals surface area (Å²) < 4.78 is 4.82. The fourth-order valence-corrected chi connectivity index (χ4v) is 3.81. The Morgan fingerprint density at radius 1 is 1.12 bits per heavy atom. The SMILES string of the molecule is COC(=O)c1c(C)[nH]c(C(=O)[C@H](C)[NH2+]C2CCCCCCC2)c1C. The van der Waals surface area contributed by atoms with Gasteiger partial charge >= 0.3 is 5.97 Å². The molecule has 134 valence electrons. The lowest BCUT2D eigenvalue weighted by Crippen LogP contribution is -2.96. The summed E-state index contributed by atoms with van der Waals surface area (Å²) in [6, 6.07) is 0.386. The molecule has 3 N–H and O–H groups in total. The highest BCUT2D eigenvalue weighted by Crippen LogP contribution is 2.20. The third kappa shape index (κ3) is 4.26. The molecule has 0 unspecified atom stereocenters. The number of hydrogen-bond acceptors (Lipinski definition) is 3. The maximum absolute atomic E-state index is 12.9. The first kappa shape index (κ1) is 18.7. The van der Waals surface area contributed by atoms with Crippen LogP contribution in [0.15, 0.2) is 0 Å². The highest BCUT2D eigenvalue weighted by Gasteiger charge is 2.28. The van der Waals surface area contributed by atoms with Gasteiger partial charge in [-0.05, 0) is 52.0 Å². The summed E-state index contributed by atoms with van der Waals surface area (Å²) in [6.45, 7) is 5.58. The predicted molar refractivity (Wildman–Crippen MR) is 93.4 cm³/mol. The van der Waals surface area contributed by atoms with E-state index in [2.05, 4.69) is 10.3 Å². The van der Waals surface area contributed by atoms with Crippen LogP contribution in [0.25, 0.3) is 0 Å². The normalized spacial score (nSPS) is 17.8. The van der Waals surface area contributed by atoms with Crippen LogP contribution in [0.4, 0.5) is 0 Å². The molecule has 1 heterocycles. The lowest BCUT2D eigenvalue weighted by Gasteiger charge is -2.21. The van der Waals surface area contributed by atoms with Crippen molar-refractivity contribution in [3.05, 3.63) is 22.5 Å². The first-order valence-corrected chi connectivity index (χ1v) is 9.12. The van der Waals surface area contributed by atoms with Crippen LogP contribution in [0.3, 0.4) is 0 Å². The largest absolute Gasteiger partial charge is 0.465 e. The van der Waals surface area contributed by atoms with Crippen molar-refractivity contribution in [2.75, 3.05) is 7.11 Å². The Morgan fingerprint density at radius 2 is 1.71 bits per heavy atom. The highest BCUT2D eigenvalue weighted by molar-refractivity contribution is 6.03. The number of carbonyl (C=O) groups excluding carboxylic acids is 2. The van der Waals surface area contributed by atoms with Crippen LogP contribution in [-0.4, -0.2) is 35.9 Å². The zero-order valence-electron chi connectivity index (χ0n) is 15.4. The molecule has 0 saturated heterocycles. The number of aromatic amines is 1. The number of ether oxygens (including phenoxy) is 1. The molecule has 2 rings (SSSR count). The number of hydrogen-bond donors (Lipinski definition) is 2. The number of quaternary nitrogens is 1. The standard InChI is InChI=1S/C19H30N2O3/c1-12-16(19(23)24-4)13(2)21-17(12)18(22)14(3)20-15-10-8-6-5-7-9-11-15/h14-15,20-21H,5-11H2,1-4H3/p+1/t14-/m0/s1. The molecule has 0 radical (unpaired) electrons. The molecule has 0 aliphatic heterocycles. The fourth-order valence-electron chi connectivity index (χ4n) is 3.81. The van der Waals surface area contributed by atoms with Gasteiger partial charge in [0.25, 0.3) is 0 Å². The van der Waals surface area contributed by atoms with E-state index >= 15 is 0 Å². The lowest BCUT2D eigenvalue weighted by atomic mass is 9.95. The second kappa shape index (κ2) is 8.47. The number of nitrogens with two attached hydrogens (primary N) is 1. The summed E-state index contributed by atoms with van der Waals surface area (Å²) in [7, 11) is 1.36. The van der Waals surface area contributed by atoms with Crippen molar-refractivity contribution in [2.45, 2.75) is 77.8 Å². The van der Waals surface area contributed by atoms with Gasteiger partial charge in [0.2, 0.25) is 5.78 Å². The highest BCUT2D eigenvalue weighted by atomic mass is 16.5. The quantitative estimate of drug-likeness (QED) is 0.641. The molecule has 1 atom stereocenters. The van der Waals surface area contributed by atoms with E-state index in [4.69, 9.17) is 4.74 Å². The molecule has 5 nitrogen and oxygen atoms in total. The van der Waals surface area contributed by atoms with Crippen molar-refractivity contribution in [2.24, 2.45) is 0 Å². The van der Waals surface area contributed by atoms with Crippen LogP contribution in [0, 0.1) is 13.8 Å². The van der Waals surface area contributed by atoms with Crippen molar-refractivity contribution in [3.8, 4) is 0 Å². The first-order chi connectivity index (χ1) is 11.5. The minimum atomic E-state index is -0.392. The monoisotopic (exact) mass is 335 g/mol. The molecule has 0 spiro atoms. The maximum atomic E-state index is 12.9. The van der Waals surface area contributed by atoms with Crippen molar-refractivity contribution in [1.82, 2.24) is 4.98 Å². The van der Waals surface area contributed by atoms with Gasteiger partial charge in [0.05, 0.1) is 24.4 Å². The van der Waals surface area contributed by atoms with Gasteiger partial charge in [-0.2, -0.15) is 0 Å². The van der Waals surface area contributed by atoms with Gasteiger partial charge < -0.3 is 15.0 Å². The van der Waals surface area contributed by atoms with E-state index in [1.54, 1.807) is 6.92 Å². The minimum Gasteiger partial charge on any atom is -0.465 e. The molecule has 0 aromatic carbocycles. The molecule has 1 aromatic rings. The molecule has 1 aliphatic rings. The summed E-state index contributed by atoms with van der Waals surface area (Å²) in [5, 5.41) is 2.22. The molecule has 1 saturated carbocycles. The maximum Gasteiger partial charge on any atom is 0.339 e. The molecule has 24 heavy (non-hydrogen) atoms.